The van der Waals surface area contributed by atoms with E-state index in [1.165, 1.54) is 18.4 Å². The molecule has 1 heterocycles. The molecular weight excluding hydrogens is 281 g/mol. The van der Waals surface area contributed by atoms with E-state index in [1.54, 1.807) is 6.92 Å². The quantitative estimate of drug-likeness (QED) is 0.646. The lowest BCUT2D eigenvalue weighted by Gasteiger charge is -2.05. The molecule has 19 heavy (non-hydrogen) atoms. The Kier molecular flexibility index (Phi) is 5.59. The Labute approximate surface area is 113 Å². The summed E-state index contributed by atoms with van der Waals surface area (Å²) >= 11 is 1.28. The highest BCUT2D eigenvalue weighted by molar-refractivity contribution is 7.15. The number of methoxy groups -OCH3 is 1. The molecule has 8 heteroatoms. The van der Waals surface area contributed by atoms with Crippen molar-refractivity contribution in [2.24, 2.45) is 0 Å². The van der Waals surface area contributed by atoms with E-state index in [1.807, 2.05) is 0 Å². The number of halogens is 3. The van der Waals surface area contributed by atoms with Gasteiger partial charge in [0.2, 0.25) is 0 Å². The van der Waals surface area contributed by atoms with Crippen molar-refractivity contribution in [3.05, 3.63) is 10.6 Å². The fourth-order valence-corrected chi connectivity index (χ4v) is 2.23. The fraction of sp³-hybridized carbons (Fsp3) is 0.636. The van der Waals surface area contributed by atoms with Crippen molar-refractivity contribution in [2.75, 3.05) is 19.0 Å². The molecule has 0 amide bonds. The zero-order chi connectivity index (χ0) is 14.5. The van der Waals surface area contributed by atoms with E-state index in [-0.39, 0.29) is 12.1 Å². The number of thiazole rings is 1. The van der Waals surface area contributed by atoms with Crippen LogP contribution in [-0.2, 0) is 4.74 Å². The summed E-state index contributed by atoms with van der Waals surface area (Å²) in [5.74, 6) is -0.515. The number of alkyl halides is 3. The van der Waals surface area contributed by atoms with E-state index in [4.69, 9.17) is 0 Å². The molecule has 0 fully saturated rings. The number of carbonyl (C=O) groups is 1. The molecule has 4 nitrogen and oxygen atoms in total. The number of hydrogen-bond donors (Lipinski definition) is 1. The zero-order valence-electron chi connectivity index (χ0n) is 10.6. The van der Waals surface area contributed by atoms with Crippen LogP contribution >= 0.6 is 11.3 Å². The molecule has 0 atom stereocenters. The maximum Gasteiger partial charge on any atom is 0.389 e. The number of aromatic nitrogens is 1. The molecular formula is C11H15F3N2O2S. The summed E-state index contributed by atoms with van der Waals surface area (Å²) in [4.78, 5) is 16.1. The Bertz CT molecular complexity index is 432. The molecule has 1 N–H and O–H groups in total. The molecule has 0 aromatic carbocycles. The van der Waals surface area contributed by atoms with Gasteiger partial charge in [0, 0.05) is 17.8 Å². The second kappa shape index (κ2) is 6.74. The molecule has 1 rings (SSSR count). The lowest BCUT2D eigenvalue weighted by Crippen LogP contribution is -2.09. The summed E-state index contributed by atoms with van der Waals surface area (Å²) in [6.07, 6.45) is -4.41. The van der Waals surface area contributed by atoms with Crippen molar-refractivity contribution in [2.45, 2.75) is 32.4 Å². The lowest BCUT2D eigenvalue weighted by molar-refractivity contribution is -0.135. The highest BCUT2D eigenvalue weighted by Gasteiger charge is 2.25. The normalized spacial score (nSPS) is 11.4. The van der Waals surface area contributed by atoms with E-state index < -0.39 is 18.6 Å². The minimum Gasteiger partial charge on any atom is -0.464 e. The second-order valence-corrected chi connectivity index (χ2v) is 5.12. The number of anilines is 1. The number of esters is 1. The van der Waals surface area contributed by atoms with Gasteiger partial charge in [-0.15, -0.1) is 11.3 Å². The summed E-state index contributed by atoms with van der Waals surface area (Å²) < 4.78 is 40.3. The number of carbonyl (C=O) groups excluding carboxylic acids is 1. The van der Waals surface area contributed by atoms with Crippen molar-refractivity contribution in [3.8, 4) is 0 Å². The van der Waals surface area contributed by atoms with Crippen LogP contribution in [0.4, 0.5) is 18.3 Å². The van der Waals surface area contributed by atoms with Crippen molar-refractivity contribution in [1.29, 1.82) is 0 Å². The molecule has 0 aliphatic carbocycles. The molecule has 0 spiro atoms. The van der Waals surface area contributed by atoms with Gasteiger partial charge >= 0.3 is 12.1 Å². The van der Waals surface area contributed by atoms with Crippen molar-refractivity contribution >= 4 is 22.4 Å². The third kappa shape index (κ3) is 5.46. The average Bonchev–Trinajstić information content (AvgIpc) is 2.67. The first-order chi connectivity index (χ1) is 8.83. The summed E-state index contributed by atoms with van der Waals surface area (Å²) in [7, 11) is 1.27. The van der Waals surface area contributed by atoms with Crippen LogP contribution in [0.1, 0.15) is 34.6 Å². The Morgan fingerprint density at radius 2 is 2.11 bits per heavy atom. The van der Waals surface area contributed by atoms with Crippen LogP contribution in [0.15, 0.2) is 0 Å². The van der Waals surface area contributed by atoms with Crippen LogP contribution in [0.2, 0.25) is 0 Å². The van der Waals surface area contributed by atoms with Gasteiger partial charge in [0.1, 0.15) is 0 Å². The van der Waals surface area contributed by atoms with E-state index in [2.05, 4.69) is 15.0 Å². The van der Waals surface area contributed by atoms with Gasteiger partial charge in [0.05, 0.1) is 7.11 Å². The monoisotopic (exact) mass is 296 g/mol. The maximum atomic E-state index is 11.9. The molecule has 108 valence electrons. The van der Waals surface area contributed by atoms with Gasteiger partial charge in [-0.2, -0.15) is 13.2 Å². The van der Waals surface area contributed by atoms with Gasteiger partial charge in [-0.3, -0.25) is 0 Å². The van der Waals surface area contributed by atoms with E-state index >= 15 is 0 Å². The highest BCUT2D eigenvalue weighted by atomic mass is 32.1. The van der Waals surface area contributed by atoms with E-state index in [0.717, 1.165) is 0 Å². The van der Waals surface area contributed by atoms with Crippen LogP contribution < -0.4 is 5.32 Å². The first-order valence-electron chi connectivity index (χ1n) is 5.70. The highest BCUT2D eigenvalue weighted by Crippen LogP contribution is 2.24. The first kappa shape index (κ1) is 15.7. The summed E-state index contributed by atoms with van der Waals surface area (Å²) in [6.45, 7) is 2.13. The van der Waals surface area contributed by atoms with Crippen LogP contribution in [-0.4, -0.2) is 30.8 Å². The Balaban J connectivity index is 2.36. The van der Waals surface area contributed by atoms with Crippen LogP contribution in [0.3, 0.4) is 0 Å². The summed E-state index contributed by atoms with van der Waals surface area (Å²) in [5.41, 5.74) is 0.241. The smallest absolute Gasteiger partial charge is 0.389 e. The molecule has 0 unspecified atom stereocenters. The second-order valence-electron chi connectivity index (χ2n) is 3.91. The molecule has 0 aliphatic rings. The predicted molar refractivity (Wildman–Crippen MR) is 66.6 cm³/mol. The van der Waals surface area contributed by atoms with Gasteiger partial charge in [-0.05, 0) is 19.8 Å². The Hall–Kier alpha value is -1.31. The number of nitrogens with zero attached hydrogens (tertiary/aromatic N) is 1. The molecule has 1 aromatic rings. The topological polar surface area (TPSA) is 51.2 Å². The zero-order valence-corrected chi connectivity index (χ0v) is 11.5. The molecule has 0 saturated carbocycles. The third-order valence-electron chi connectivity index (χ3n) is 2.34. The summed E-state index contributed by atoms with van der Waals surface area (Å²) in [5, 5.41) is 3.42. The molecule has 0 aliphatic heterocycles. The predicted octanol–water partition coefficient (Wildman–Crippen LogP) is 3.38. The molecule has 0 bridgehead atoms. The number of nitrogens with one attached hydrogen (secondary N) is 1. The van der Waals surface area contributed by atoms with E-state index in [9.17, 15) is 18.0 Å². The fourth-order valence-electron chi connectivity index (χ4n) is 1.40. The minimum atomic E-state index is -4.10. The van der Waals surface area contributed by atoms with Crippen LogP contribution in [0.5, 0.6) is 0 Å². The van der Waals surface area contributed by atoms with Gasteiger partial charge in [0.25, 0.3) is 0 Å². The minimum absolute atomic E-state index is 0.0741. The standard InChI is InChI=1S/C11H15F3N2O2S/c1-7-8(9(17)18-2)16-10(19-7)15-6-4-3-5-11(12,13)14/h3-6H2,1-2H3,(H,15,16). The first-order valence-corrected chi connectivity index (χ1v) is 6.51. The number of ether oxygens (including phenoxy) is 1. The average molecular weight is 296 g/mol. The van der Waals surface area contributed by atoms with Gasteiger partial charge in [0.15, 0.2) is 10.8 Å². The van der Waals surface area contributed by atoms with Gasteiger partial charge in [-0.1, -0.05) is 0 Å². The Morgan fingerprint density at radius 1 is 1.42 bits per heavy atom. The van der Waals surface area contributed by atoms with Crippen molar-refractivity contribution < 1.29 is 22.7 Å². The maximum absolute atomic E-state index is 11.9. The SMILES string of the molecule is COC(=O)c1nc(NCCCCC(F)(F)F)sc1C. The summed E-state index contributed by atoms with van der Waals surface area (Å²) in [6, 6.07) is 0. The van der Waals surface area contributed by atoms with Crippen LogP contribution in [0, 0.1) is 6.92 Å². The number of hydrogen-bond acceptors (Lipinski definition) is 5. The Morgan fingerprint density at radius 3 is 2.68 bits per heavy atom. The van der Waals surface area contributed by atoms with Gasteiger partial charge < -0.3 is 10.1 Å². The van der Waals surface area contributed by atoms with Crippen molar-refractivity contribution in [1.82, 2.24) is 4.98 Å². The number of aryl methyl sites for hydroxylation is 1. The van der Waals surface area contributed by atoms with E-state index in [0.29, 0.717) is 23.0 Å². The lowest BCUT2D eigenvalue weighted by atomic mass is 10.2. The van der Waals surface area contributed by atoms with Gasteiger partial charge in [-0.25, -0.2) is 9.78 Å². The molecule has 0 saturated heterocycles. The number of rotatable bonds is 6. The third-order valence-corrected chi connectivity index (χ3v) is 3.27. The van der Waals surface area contributed by atoms with Crippen LogP contribution in [0.25, 0.3) is 0 Å². The largest absolute Gasteiger partial charge is 0.464 e. The molecule has 0 radical (unpaired) electrons. The van der Waals surface area contributed by atoms with Crippen molar-refractivity contribution in [3.63, 3.8) is 0 Å². The molecule has 1 aromatic heterocycles. The number of unbranched alkanes of at least 4 members (excludes halogenated alkanes) is 1.